The Kier molecular flexibility index (Phi) is 8.48. The molecule has 0 aliphatic carbocycles. The molecule has 0 saturated heterocycles. The largest absolute Gasteiger partial charge is 0.350 e. The van der Waals surface area contributed by atoms with Gasteiger partial charge in [-0.05, 0) is 57.5 Å². The highest BCUT2D eigenvalue weighted by atomic mass is 35.5. The standard InChI is InChI=1S/C23H29ClFN3O4S/c1-16(22(30)26-23(2,3)4)27(14-17-10-12-18(25)13-11-17)21(29)15-28(33(5,31)32)20-9-7-6-8-19(20)24/h6-13,16H,14-15H2,1-5H3,(H,26,30). The molecule has 1 unspecified atom stereocenters. The lowest BCUT2D eigenvalue weighted by Crippen LogP contribution is -2.54. The predicted octanol–water partition coefficient (Wildman–Crippen LogP) is 3.58. The fourth-order valence-electron chi connectivity index (χ4n) is 3.09. The number of sulfonamides is 1. The molecule has 10 heteroatoms. The van der Waals surface area contributed by atoms with Gasteiger partial charge < -0.3 is 10.2 Å². The fourth-order valence-corrected chi connectivity index (χ4v) is 4.24. The van der Waals surface area contributed by atoms with Gasteiger partial charge in [0.15, 0.2) is 0 Å². The normalized spacial score (nSPS) is 12.7. The molecule has 2 rings (SSSR count). The van der Waals surface area contributed by atoms with E-state index in [4.69, 9.17) is 11.6 Å². The van der Waals surface area contributed by atoms with Gasteiger partial charge in [0.1, 0.15) is 18.4 Å². The van der Waals surface area contributed by atoms with Gasteiger partial charge in [0, 0.05) is 12.1 Å². The Morgan fingerprint density at radius 3 is 2.18 bits per heavy atom. The van der Waals surface area contributed by atoms with E-state index in [2.05, 4.69) is 5.32 Å². The quantitative estimate of drug-likeness (QED) is 0.604. The molecule has 0 heterocycles. The van der Waals surface area contributed by atoms with Crippen LogP contribution in [0.3, 0.4) is 0 Å². The summed E-state index contributed by atoms with van der Waals surface area (Å²) in [5.74, 6) is -1.44. The molecule has 33 heavy (non-hydrogen) atoms. The first-order chi connectivity index (χ1) is 15.2. The zero-order valence-corrected chi connectivity index (χ0v) is 20.9. The Hall–Kier alpha value is -2.65. The van der Waals surface area contributed by atoms with Crippen LogP contribution in [0.2, 0.25) is 5.02 Å². The summed E-state index contributed by atoms with van der Waals surface area (Å²) < 4.78 is 39.3. The lowest BCUT2D eigenvalue weighted by Gasteiger charge is -2.33. The number of carbonyl (C=O) groups is 2. The van der Waals surface area contributed by atoms with Crippen molar-refractivity contribution in [3.8, 4) is 0 Å². The maximum atomic E-state index is 13.4. The number of halogens is 2. The molecule has 2 aromatic carbocycles. The third-order valence-electron chi connectivity index (χ3n) is 4.73. The minimum atomic E-state index is -3.87. The van der Waals surface area contributed by atoms with Crippen molar-refractivity contribution < 1.29 is 22.4 Å². The average molecular weight is 498 g/mol. The number of anilines is 1. The number of nitrogens with zero attached hydrogens (tertiary/aromatic N) is 2. The van der Waals surface area contributed by atoms with E-state index in [0.29, 0.717) is 5.56 Å². The van der Waals surface area contributed by atoms with Gasteiger partial charge in [0.2, 0.25) is 21.8 Å². The lowest BCUT2D eigenvalue weighted by atomic mass is 10.1. The molecular weight excluding hydrogens is 469 g/mol. The van der Waals surface area contributed by atoms with Crippen molar-refractivity contribution in [1.29, 1.82) is 0 Å². The van der Waals surface area contributed by atoms with E-state index in [-0.39, 0.29) is 17.3 Å². The first kappa shape index (κ1) is 26.6. The lowest BCUT2D eigenvalue weighted by molar-refractivity contribution is -0.140. The fraction of sp³-hybridized carbons (Fsp3) is 0.391. The van der Waals surface area contributed by atoms with Gasteiger partial charge in [-0.15, -0.1) is 0 Å². The predicted molar refractivity (Wildman–Crippen MR) is 128 cm³/mol. The van der Waals surface area contributed by atoms with E-state index < -0.39 is 45.8 Å². The number of benzene rings is 2. The van der Waals surface area contributed by atoms with Gasteiger partial charge in [-0.2, -0.15) is 0 Å². The molecule has 1 atom stereocenters. The van der Waals surface area contributed by atoms with Gasteiger partial charge in [-0.1, -0.05) is 35.9 Å². The maximum Gasteiger partial charge on any atom is 0.244 e. The van der Waals surface area contributed by atoms with Crippen molar-refractivity contribution in [2.24, 2.45) is 0 Å². The monoisotopic (exact) mass is 497 g/mol. The summed E-state index contributed by atoms with van der Waals surface area (Å²) in [6.07, 6.45) is 0.976. The van der Waals surface area contributed by atoms with Crippen molar-refractivity contribution in [1.82, 2.24) is 10.2 Å². The molecule has 1 N–H and O–H groups in total. The van der Waals surface area contributed by atoms with Crippen LogP contribution >= 0.6 is 11.6 Å². The Morgan fingerprint density at radius 1 is 1.09 bits per heavy atom. The van der Waals surface area contributed by atoms with Crippen LogP contribution in [0, 0.1) is 5.82 Å². The number of hydrogen-bond donors (Lipinski definition) is 1. The first-order valence-electron chi connectivity index (χ1n) is 10.3. The van der Waals surface area contributed by atoms with E-state index in [0.717, 1.165) is 10.6 Å². The first-order valence-corrected chi connectivity index (χ1v) is 12.5. The topological polar surface area (TPSA) is 86.8 Å². The number of rotatable bonds is 8. The Balaban J connectivity index is 2.41. The van der Waals surface area contributed by atoms with Crippen LogP contribution < -0.4 is 9.62 Å². The van der Waals surface area contributed by atoms with E-state index in [1.165, 1.54) is 41.3 Å². The van der Waals surface area contributed by atoms with Crippen LogP contribution in [0.4, 0.5) is 10.1 Å². The van der Waals surface area contributed by atoms with Gasteiger partial charge in [-0.3, -0.25) is 13.9 Å². The zero-order valence-electron chi connectivity index (χ0n) is 19.3. The zero-order chi connectivity index (χ0) is 25.0. The molecule has 0 saturated carbocycles. The SMILES string of the molecule is CC(C(=O)NC(C)(C)C)N(Cc1ccc(F)cc1)C(=O)CN(c1ccccc1Cl)S(C)(=O)=O. The molecule has 0 fully saturated rings. The second kappa shape index (κ2) is 10.5. The summed E-state index contributed by atoms with van der Waals surface area (Å²) in [4.78, 5) is 27.5. The van der Waals surface area contributed by atoms with Crippen molar-refractivity contribution in [2.75, 3.05) is 17.1 Å². The van der Waals surface area contributed by atoms with Crippen LogP contribution in [-0.4, -0.2) is 49.5 Å². The minimum absolute atomic E-state index is 0.0159. The van der Waals surface area contributed by atoms with E-state index in [9.17, 15) is 22.4 Å². The van der Waals surface area contributed by atoms with Gasteiger partial charge in [0.25, 0.3) is 0 Å². The molecule has 0 aliphatic heterocycles. The second-order valence-corrected chi connectivity index (χ2v) is 11.1. The summed E-state index contributed by atoms with van der Waals surface area (Å²) in [6.45, 7) is 6.42. The average Bonchev–Trinajstić information content (AvgIpc) is 2.69. The third kappa shape index (κ3) is 7.71. The number of para-hydroxylation sites is 1. The Labute approximate surface area is 199 Å². The minimum Gasteiger partial charge on any atom is -0.350 e. The van der Waals surface area contributed by atoms with E-state index in [1.807, 2.05) is 20.8 Å². The van der Waals surface area contributed by atoms with Crippen molar-refractivity contribution in [3.63, 3.8) is 0 Å². The molecule has 0 bridgehead atoms. The number of hydrogen-bond acceptors (Lipinski definition) is 4. The molecular formula is C23H29ClFN3O4S. The molecule has 2 aromatic rings. The summed E-state index contributed by atoms with van der Waals surface area (Å²) in [5.41, 5.74) is 0.207. The van der Waals surface area contributed by atoms with Crippen LogP contribution in [0.5, 0.6) is 0 Å². The van der Waals surface area contributed by atoms with Crippen molar-refractivity contribution in [3.05, 3.63) is 64.9 Å². The number of amides is 2. The van der Waals surface area contributed by atoms with Gasteiger partial charge >= 0.3 is 0 Å². The second-order valence-electron chi connectivity index (χ2n) is 8.78. The molecule has 0 aliphatic rings. The third-order valence-corrected chi connectivity index (χ3v) is 6.18. The van der Waals surface area contributed by atoms with Crippen LogP contribution in [0.25, 0.3) is 0 Å². The molecule has 2 amide bonds. The van der Waals surface area contributed by atoms with Gasteiger partial charge in [0.05, 0.1) is 17.0 Å². The molecule has 180 valence electrons. The highest BCUT2D eigenvalue weighted by molar-refractivity contribution is 7.92. The van der Waals surface area contributed by atoms with Crippen LogP contribution in [0.1, 0.15) is 33.3 Å². The Bertz CT molecular complexity index is 1100. The Morgan fingerprint density at radius 2 is 1.67 bits per heavy atom. The van der Waals surface area contributed by atoms with Crippen molar-refractivity contribution in [2.45, 2.75) is 45.8 Å². The molecule has 0 spiro atoms. The highest BCUT2D eigenvalue weighted by Crippen LogP contribution is 2.27. The summed E-state index contributed by atoms with van der Waals surface area (Å²) in [5, 5.41) is 2.99. The smallest absolute Gasteiger partial charge is 0.244 e. The van der Waals surface area contributed by atoms with E-state index >= 15 is 0 Å². The van der Waals surface area contributed by atoms with Crippen LogP contribution in [0.15, 0.2) is 48.5 Å². The summed E-state index contributed by atoms with van der Waals surface area (Å²) in [6, 6.07) is 10.9. The molecule has 0 aromatic heterocycles. The van der Waals surface area contributed by atoms with Crippen molar-refractivity contribution >= 4 is 39.1 Å². The molecule has 0 radical (unpaired) electrons. The number of carbonyl (C=O) groups excluding carboxylic acids is 2. The molecule has 7 nitrogen and oxygen atoms in total. The number of nitrogens with one attached hydrogen (secondary N) is 1. The summed E-state index contributed by atoms with van der Waals surface area (Å²) in [7, 11) is -3.87. The maximum absolute atomic E-state index is 13.4. The highest BCUT2D eigenvalue weighted by Gasteiger charge is 2.31. The van der Waals surface area contributed by atoms with E-state index in [1.54, 1.807) is 19.1 Å². The van der Waals surface area contributed by atoms with Gasteiger partial charge in [-0.25, -0.2) is 12.8 Å². The van der Waals surface area contributed by atoms with Crippen LogP contribution in [-0.2, 0) is 26.2 Å². The summed E-state index contributed by atoms with van der Waals surface area (Å²) >= 11 is 6.19.